The molecule has 1 aliphatic rings. The standard InChI is InChI=1S/C22H24N4O3/c1-24-22(28)26(17-10-4-3-5-11-17)20(23-24)16-9-8-14-25(15-16)21(27)18-12-6-7-13-19(18)29-2/h3-7,10-13,16H,8-9,14-15H2,1-2H3. The van der Waals surface area contributed by atoms with Crippen LogP contribution in [0.5, 0.6) is 5.75 Å². The first-order valence-corrected chi connectivity index (χ1v) is 9.74. The van der Waals surface area contributed by atoms with Gasteiger partial charge in [-0.1, -0.05) is 30.3 Å². The highest BCUT2D eigenvalue weighted by Gasteiger charge is 2.31. The molecule has 1 amide bonds. The number of hydrogen-bond acceptors (Lipinski definition) is 4. The number of rotatable bonds is 4. The van der Waals surface area contributed by atoms with Crippen molar-refractivity contribution < 1.29 is 9.53 Å². The maximum atomic E-state index is 13.1. The van der Waals surface area contributed by atoms with Crippen molar-refractivity contribution in [3.8, 4) is 11.4 Å². The van der Waals surface area contributed by atoms with Gasteiger partial charge in [0, 0.05) is 26.1 Å². The van der Waals surface area contributed by atoms with Crippen LogP contribution in [0.3, 0.4) is 0 Å². The lowest BCUT2D eigenvalue weighted by atomic mass is 9.96. The topological polar surface area (TPSA) is 69.4 Å². The van der Waals surface area contributed by atoms with Crippen molar-refractivity contribution in [2.45, 2.75) is 18.8 Å². The van der Waals surface area contributed by atoms with E-state index in [1.54, 1.807) is 30.9 Å². The minimum absolute atomic E-state index is 0.0171. The number of carbonyl (C=O) groups is 1. The SMILES string of the molecule is COc1ccccc1C(=O)N1CCCC(c2nn(C)c(=O)n2-c2ccccc2)C1. The summed E-state index contributed by atoms with van der Waals surface area (Å²) in [6.07, 6.45) is 1.73. The fourth-order valence-electron chi connectivity index (χ4n) is 3.93. The van der Waals surface area contributed by atoms with Gasteiger partial charge in [-0.3, -0.25) is 4.79 Å². The number of hydrogen-bond donors (Lipinski definition) is 0. The Hall–Kier alpha value is -3.35. The summed E-state index contributed by atoms with van der Waals surface area (Å²) in [5, 5.41) is 4.51. The van der Waals surface area contributed by atoms with Crippen molar-refractivity contribution in [2.75, 3.05) is 20.2 Å². The molecule has 1 aliphatic heterocycles. The number of likely N-dealkylation sites (tertiary alicyclic amines) is 1. The van der Waals surface area contributed by atoms with Crippen molar-refractivity contribution in [3.05, 3.63) is 76.5 Å². The molecule has 0 bridgehead atoms. The van der Waals surface area contributed by atoms with Crippen molar-refractivity contribution in [3.63, 3.8) is 0 Å². The van der Waals surface area contributed by atoms with Crippen LogP contribution in [-0.2, 0) is 7.05 Å². The second-order valence-electron chi connectivity index (χ2n) is 7.23. The Morgan fingerprint density at radius 1 is 1.10 bits per heavy atom. The lowest BCUT2D eigenvalue weighted by molar-refractivity contribution is 0.0700. The molecular weight excluding hydrogens is 368 g/mol. The molecule has 2 heterocycles. The van der Waals surface area contributed by atoms with Crippen LogP contribution in [0.1, 0.15) is 34.9 Å². The van der Waals surface area contributed by atoms with Crippen LogP contribution < -0.4 is 10.4 Å². The van der Waals surface area contributed by atoms with Gasteiger partial charge < -0.3 is 9.64 Å². The Labute approximate surface area is 169 Å². The van der Waals surface area contributed by atoms with Gasteiger partial charge in [-0.25, -0.2) is 14.0 Å². The number of amides is 1. The third-order valence-corrected chi connectivity index (χ3v) is 5.38. The molecule has 29 heavy (non-hydrogen) atoms. The smallest absolute Gasteiger partial charge is 0.350 e. The lowest BCUT2D eigenvalue weighted by Gasteiger charge is -2.32. The molecular formula is C22H24N4O3. The minimum atomic E-state index is -0.181. The van der Waals surface area contributed by atoms with Crippen LogP contribution in [0, 0.1) is 0 Å². The van der Waals surface area contributed by atoms with Gasteiger partial charge in [0.2, 0.25) is 0 Å². The molecule has 1 atom stereocenters. The zero-order valence-electron chi connectivity index (χ0n) is 16.6. The number of ether oxygens (including phenoxy) is 1. The van der Waals surface area contributed by atoms with Gasteiger partial charge in [0.15, 0.2) is 0 Å². The number of carbonyl (C=O) groups excluding carboxylic acids is 1. The van der Waals surface area contributed by atoms with Crippen molar-refractivity contribution >= 4 is 5.91 Å². The van der Waals surface area contributed by atoms with E-state index in [9.17, 15) is 9.59 Å². The first kappa shape index (κ1) is 19.0. The maximum absolute atomic E-state index is 13.1. The molecule has 0 aliphatic carbocycles. The largest absolute Gasteiger partial charge is 0.496 e. The molecule has 1 unspecified atom stereocenters. The summed E-state index contributed by atoms with van der Waals surface area (Å²) in [5.41, 5.74) is 1.16. The Kier molecular flexibility index (Phi) is 5.20. The zero-order chi connectivity index (χ0) is 20.4. The van der Waals surface area contributed by atoms with Gasteiger partial charge in [0.05, 0.1) is 18.4 Å². The molecule has 3 aromatic rings. The number of benzene rings is 2. The summed E-state index contributed by atoms with van der Waals surface area (Å²) >= 11 is 0. The molecule has 0 saturated carbocycles. The first-order chi connectivity index (χ1) is 14.1. The quantitative estimate of drug-likeness (QED) is 0.684. The summed E-state index contributed by atoms with van der Waals surface area (Å²) in [7, 11) is 3.23. The van der Waals surface area contributed by atoms with Crippen molar-refractivity contribution in [1.29, 1.82) is 0 Å². The Morgan fingerprint density at radius 2 is 1.83 bits per heavy atom. The van der Waals surface area contributed by atoms with E-state index in [2.05, 4.69) is 5.10 Å². The minimum Gasteiger partial charge on any atom is -0.496 e. The number of aryl methyl sites for hydroxylation is 1. The highest BCUT2D eigenvalue weighted by Crippen LogP contribution is 2.29. The van der Waals surface area contributed by atoms with Gasteiger partial charge in [-0.15, -0.1) is 0 Å². The second-order valence-corrected chi connectivity index (χ2v) is 7.23. The summed E-state index contributed by atoms with van der Waals surface area (Å²) in [5.74, 6) is 1.19. The predicted molar refractivity (Wildman–Crippen MR) is 110 cm³/mol. The van der Waals surface area contributed by atoms with Gasteiger partial charge in [0.25, 0.3) is 5.91 Å². The van der Waals surface area contributed by atoms with Crippen LogP contribution in [-0.4, -0.2) is 45.4 Å². The zero-order valence-corrected chi connectivity index (χ0v) is 16.6. The molecule has 1 fully saturated rings. The fraction of sp³-hybridized carbons (Fsp3) is 0.318. The molecule has 7 heteroatoms. The number of aromatic nitrogens is 3. The highest BCUT2D eigenvalue weighted by molar-refractivity contribution is 5.97. The number of piperidine rings is 1. The van der Waals surface area contributed by atoms with Crippen LogP contribution in [0.25, 0.3) is 5.69 Å². The van der Waals surface area contributed by atoms with Gasteiger partial charge in [-0.05, 0) is 37.1 Å². The second kappa shape index (κ2) is 7.95. The molecule has 0 spiro atoms. The normalized spacial score (nSPS) is 16.6. The number of para-hydroxylation sites is 2. The first-order valence-electron chi connectivity index (χ1n) is 9.74. The predicted octanol–water partition coefficient (Wildman–Crippen LogP) is 2.60. The average molecular weight is 392 g/mol. The fourth-order valence-corrected chi connectivity index (χ4v) is 3.93. The Morgan fingerprint density at radius 3 is 2.59 bits per heavy atom. The van der Waals surface area contributed by atoms with E-state index in [1.807, 2.05) is 47.4 Å². The van der Waals surface area contributed by atoms with Gasteiger partial charge in [-0.2, -0.15) is 5.10 Å². The van der Waals surface area contributed by atoms with Crippen LogP contribution in [0.15, 0.2) is 59.4 Å². The molecule has 1 aromatic heterocycles. The third-order valence-electron chi connectivity index (χ3n) is 5.38. The molecule has 2 aromatic carbocycles. The molecule has 7 nitrogen and oxygen atoms in total. The van der Waals surface area contributed by atoms with E-state index in [-0.39, 0.29) is 17.5 Å². The molecule has 150 valence electrons. The maximum Gasteiger partial charge on any atom is 0.350 e. The Balaban J connectivity index is 1.66. The average Bonchev–Trinajstić information content (AvgIpc) is 3.08. The van der Waals surface area contributed by atoms with E-state index in [1.165, 1.54) is 4.68 Å². The summed E-state index contributed by atoms with van der Waals surface area (Å²) in [6.45, 7) is 1.19. The van der Waals surface area contributed by atoms with E-state index < -0.39 is 0 Å². The van der Waals surface area contributed by atoms with Crippen molar-refractivity contribution in [2.24, 2.45) is 7.05 Å². The van der Waals surface area contributed by atoms with Gasteiger partial charge in [0.1, 0.15) is 11.6 Å². The number of nitrogens with zero attached hydrogens (tertiary/aromatic N) is 4. The summed E-state index contributed by atoms with van der Waals surface area (Å²) in [4.78, 5) is 27.7. The lowest BCUT2D eigenvalue weighted by Crippen LogP contribution is -2.40. The van der Waals surface area contributed by atoms with Crippen molar-refractivity contribution in [1.82, 2.24) is 19.2 Å². The molecule has 4 rings (SSSR count). The van der Waals surface area contributed by atoms with E-state index in [4.69, 9.17) is 4.74 Å². The molecule has 0 N–H and O–H groups in total. The van der Waals surface area contributed by atoms with Crippen LogP contribution in [0.2, 0.25) is 0 Å². The van der Waals surface area contributed by atoms with E-state index in [0.29, 0.717) is 30.2 Å². The molecule has 1 saturated heterocycles. The highest BCUT2D eigenvalue weighted by atomic mass is 16.5. The van der Waals surface area contributed by atoms with E-state index in [0.717, 1.165) is 18.5 Å². The molecule has 0 radical (unpaired) electrons. The van der Waals surface area contributed by atoms with Gasteiger partial charge >= 0.3 is 5.69 Å². The van der Waals surface area contributed by atoms with Crippen LogP contribution >= 0.6 is 0 Å². The number of methoxy groups -OCH3 is 1. The van der Waals surface area contributed by atoms with E-state index >= 15 is 0 Å². The summed E-state index contributed by atoms with van der Waals surface area (Å²) in [6, 6.07) is 16.8. The third kappa shape index (κ3) is 3.55. The van der Waals surface area contributed by atoms with Crippen LogP contribution in [0.4, 0.5) is 0 Å². The monoisotopic (exact) mass is 392 g/mol. The Bertz CT molecular complexity index is 1070. The summed E-state index contributed by atoms with van der Waals surface area (Å²) < 4.78 is 8.38.